The van der Waals surface area contributed by atoms with Crippen molar-refractivity contribution < 1.29 is 9.90 Å². The lowest BCUT2D eigenvalue weighted by Gasteiger charge is -2.32. The van der Waals surface area contributed by atoms with Gasteiger partial charge < -0.3 is 5.11 Å². The molecule has 0 bridgehead atoms. The lowest BCUT2D eigenvalue weighted by molar-refractivity contribution is -0.147. The minimum Gasteiger partial charge on any atom is -0.481 e. The maximum Gasteiger partial charge on any atom is 0.306 e. The summed E-state index contributed by atoms with van der Waals surface area (Å²) in [5, 5.41) is 8.53. The summed E-state index contributed by atoms with van der Waals surface area (Å²) in [5.74, 6) is -0.148. The van der Waals surface area contributed by atoms with E-state index in [1.165, 1.54) is 0 Å². The van der Waals surface area contributed by atoms with Crippen LogP contribution in [0.1, 0.15) is 26.2 Å². The molecule has 0 radical (unpaired) electrons. The Morgan fingerprint density at radius 1 is 1.67 bits per heavy atom. The summed E-state index contributed by atoms with van der Waals surface area (Å²) < 4.78 is 0. The van der Waals surface area contributed by atoms with Crippen molar-refractivity contribution in [1.29, 1.82) is 0 Å². The molecule has 0 aromatic heterocycles. The Balaban J connectivity index is 2.35. The quantitative estimate of drug-likeness (QED) is 0.612. The number of aliphatic carboxylic acids is 1. The van der Waals surface area contributed by atoms with Gasteiger partial charge in [0.2, 0.25) is 0 Å². The highest BCUT2D eigenvalue weighted by atomic mass is 16.4. The van der Waals surface area contributed by atoms with Crippen molar-refractivity contribution in [1.82, 2.24) is 0 Å². The standard InChI is InChI=1S/C7H12O2/c1-2-5-3-4-6(5)7(8)9/h5-6H,2-4H2,1H3,(H,8,9). The molecule has 1 saturated carbocycles. The molecular formula is C7H12O2. The van der Waals surface area contributed by atoms with Gasteiger partial charge in [-0.15, -0.1) is 0 Å². The SMILES string of the molecule is CCC1CCC1C(=O)O. The van der Waals surface area contributed by atoms with Crippen molar-refractivity contribution in [3.05, 3.63) is 0 Å². The molecule has 0 amide bonds. The number of carboxylic acid groups (broad SMARTS) is 1. The molecule has 1 rings (SSSR count). The van der Waals surface area contributed by atoms with Crippen molar-refractivity contribution in [2.75, 3.05) is 0 Å². The molecule has 0 aliphatic heterocycles. The van der Waals surface area contributed by atoms with Gasteiger partial charge in [0.15, 0.2) is 0 Å². The third kappa shape index (κ3) is 1.07. The summed E-state index contributed by atoms with van der Waals surface area (Å²) in [4.78, 5) is 10.4. The van der Waals surface area contributed by atoms with Gasteiger partial charge in [-0.2, -0.15) is 0 Å². The molecule has 0 saturated heterocycles. The maximum absolute atomic E-state index is 10.4. The van der Waals surface area contributed by atoms with Crippen LogP contribution in [-0.4, -0.2) is 11.1 Å². The molecule has 52 valence electrons. The van der Waals surface area contributed by atoms with Gasteiger partial charge in [-0.25, -0.2) is 0 Å². The molecule has 0 aromatic rings. The molecule has 2 heteroatoms. The number of hydrogen-bond donors (Lipinski definition) is 1. The topological polar surface area (TPSA) is 37.3 Å². The van der Waals surface area contributed by atoms with Crippen LogP contribution in [0.4, 0.5) is 0 Å². The van der Waals surface area contributed by atoms with Crippen LogP contribution in [0.3, 0.4) is 0 Å². The van der Waals surface area contributed by atoms with Gasteiger partial charge in [0.25, 0.3) is 0 Å². The fraction of sp³-hybridized carbons (Fsp3) is 0.857. The van der Waals surface area contributed by atoms with Crippen LogP contribution in [0, 0.1) is 11.8 Å². The zero-order valence-corrected chi connectivity index (χ0v) is 5.63. The second-order valence-corrected chi connectivity index (χ2v) is 2.69. The van der Waals surface area contributed by atoms with Crippen molar-refractivity contribution in [3.63, 3.8) is 0 Å². The van der Waals surface area contributed by atoms with Gasteiger partial charge in [0.1, 0.15) is 0 Å². The van der Waals surface area contributed by atoms with E-state index in [0.717, 1.165) is 19.3 Å². The van der Waals surface area contributed by atoms with Crippen LogP contribution in [0.2, 0.25) is 0 Å². The Labute approximate surface area is 54.9 Å². The van der Waals surface area contributed by atoms with Crippen molar-refractivity contribution >= 4 is 5.97 Å². The normalized spacial score (nSPS) is 33.4. The minimum atomic E-state index is -0.604. The lowest BCUT2D eigenvalue weighted by atomic mass is 9.72. The van der Waals surface area contributed by atoms with E-state index in [2.05, 4.69) is 6.92 Å². The van der Waals surface area contributed by atoms with Crippen LogP contribution in [-0.2, 0) is 4.79 Å². The van der Waals surface area contributed by atoms with E-state index >= 15 is 0 Å². The van der Waals surface area contributed by atoms with E-state index < -0.39 is 5.97 Å². The second-order valence-electron chi connectivity index (χ2n) is 2.69. The van der Waals surface area contributed by atoms with Gasteiger partial charge in [-0.1, -0.05) is 13.3 Å². The molecule has 2 nitrogen and oxygen atoms in total. The van der Waals surface area contributed by atoms with E-state index in [-0.39, 0.29) is 5.92 Å². The van der Waals surface area contributed by atoms with Crippen molar-refractivity contribution in [2.45, 2.75) is 26.2 Å². The summed E-state index contributed by atoms with van der Waals surface area (Å²) in [7, 11) is 0. The van der Waals surface area contributed by atoms with Crippen LogP contribution in [0.15, 0.2) is 0 Å². The summed E-state index contributed by atoms with van der Waals surface area (Å²) >= 11 is 0. The molecule has 0 spiro atoms. The molecule has 2 atom stereocenters. The highest BCUT2D eigenvalue weighted by Crippen LogP contribution is 2.36. The fourth-order valence-electron chi connectivity index (χ4n) is 1.38. The molecule has 1 aliphatic rings. The monoisotopic (exact) mass is 128 g/mol. The van der Waals surface area contributed by atoms with Crippen LogP contribution in [0.5, 0.6) is 0 Å². The molecule has 0 heterocycles. The van der Waals surface area contributed by atoms with Gasteiger partial charge >= 0.3 is 5.97 Å². The third-order valence-corrected chi connectivity index (χ3v) is 2.26. The average Bonchev–Trinajstić information content (AvgIpc) is 1.61. The number of carbonyl (C=O) groups is 1. The van der Waals surface area contributed by atoms with E-state index in [4.69, 9.17) is 5.11 Å². The molecule has 2 unspecified atom stereocenters. The van der Waals surface area contributed by atoms with Crippen LogP contribution in [0.25, 0.3) is 0 Å². The number of hydrogen-bond acceptors (Lipinski definition) is 1. The number of carboxylic acids is 1. The number of rotatable bonds is 2. The van der Waals surface area contributed by atoms with Gasteiger partial charge in [-0.3, -0.25) is 4.79 Å². The average molecular weight is 128 g/mol. The largest absolute Gasteiger partial charge is 0.481 e. The Morgan fingerprint density at radius 2 is 2.33 bits per heavy atom. The van der Waals surface area contributed by atoms with Crippen LogP contribution < -0.4 is 0 Å². The summed E-state index contributed by atoms with van der Waals surface area (Å²) in [6.07, 6.45) is 3.04. The van der Waals surface area contributed by atoms with Gasteiger partial charge in [0.05, 0.1) is 5.92 Å². The Kier molecular flexibility index (Phi) is 1.74. The predicted octanol–water partition coefficient (Wildman–Crippen LogP) is 1.51. The maximum atomic E-state index is 10.4. The highest BCUT2D eigenvalue weighted by Gasteiger charge is 2.34. The fourth-order valence-corrected chi connectivity index (χ4v) is 1.38. The first-order valence-corrected chi connectivity index (χ1v) is 3.48. The zero-order valence-electron chi connectivity index (χ0n) is 5.63. The Hall–Kier alpha value is -0.530. The van der Waals surface area contributed by atoms with E-state index in [1.807, 2.05) is 0 Å². The summed E-state index contributed by atoms with van der Waals surface area (Å²) in [6.45, 7) is 2.06. The summed E-state index contributed by atoms with van der Waals surface area (Å²) in [6, 6.07) is 0. The van der Waals surface area contributed by atoms with Crippen molar-refractivity contribution in [2.24, 2.45) is 11.8 Å². The first kappa shape index (κ1) is 6.59. The predicted molar refractivity (Wildman–Crippen MR) is 34.1 cm³/mol. The summed E-state index contributed by atoms with van der Waals surface area (Å²) in [5.41, 5.74) is 0. The van der Waals surface area contributed by atoms with Crippen molar-refractivity contribution in [3.8, 4) is 0 Å². The Bertz CT molecular complexity index is 118. The first-order chi connectivity index (χ1) is 4.25. The molecule has 1 N–H and O–H groups in total. The van der Waals surface area contributed by atoms with E-state index in [9.17, 15) is 4.79 Å². The van der Waals surface area contributed by atoms with Crippen LogP contribution >= 0.6 is 0 Å². The third-order valence-electron chi connectivity index (χ3n) is 2.26. The lowest BCUT2D eigenvalue weighted by Crippen LogP contribution is -2.32. The molecule has 1 aliphatic carbocycles. The van der Waals surface area contributed by atoms with E-state index in [0.29, 0.717) is 5.92 Å². The molecular weight excluding hydrogens is 116 g/mol. The van der Waals surface area contributed by atoms with Gasteiger partial charge in [0, 0.05) is 0 Å². The van der Waals surface area contributed by atoms with Gasteiger partial charge in [-0.05, 0) is 18.8 Å². The Morgan fingerprint density at radius 3 is 2.44 bits per heavy atom. The molecule has 9 heavy (non-hydrogen) atoms. The smallest absolute Gasteiger partial charge is 0.306 e. The first-order valence-electron chi connectivity index (χ1n) is 3.48. The zero-order chi connectivity index (χ0) is 6.85. The molecule has 0 aromatic carbocycles. The van der Waals surface area contributed by atoms with E-state index in [1.54, 1.807) is 0 Å². The minimum absolute atomic E-state index is 0.0185. The second kappa shape index (κ2) is 2.38. The highest BCUT2D eigenvalue weighted by molar-refractivity contribution is 5.71. The molecule has 1 fully saturated rings.